The second kappa shape index (κ2) is 4.81. The van der Waals surface area contributed by atoms with Gasteiger partial charge in [0.1, 0.15) is 11.3 Å². The molecule has 0 atom stereocenters. The minimum atomic E-state index is -0.799. The van der Waals surface area contributed by atoms with Crippen LogP contribution in [0.15, 0.2) is 18.2 Å². The summed E-state index contributed by atoms with van der Waals surface area (Å²) in [6, 6.07) is 3.97. The van der Waals surface area contributed by atoms with Gasteiger partial charge in [-0.2, -0.15) is 4.79 Å². The third-order valence-electron chi connectivity index (χ3n) is 1.84. The summed E-state index contributed by atoms with van der Waals surface area (Å²) in [6.07, 6.45) is 0.574. The minimum absolute atomic E-state index is 0.0547. The number of Topliss-reactive ketones (excluding diaryl/α,β-unsaturated/α-hetero) is 1. The number of benzene rings is 1. The number of nitrogens with zero attached hydrogens (tertiary/aromatic N) is 3. The van der Waals surface area contributed by atoms with Gasteiger partial charge in [0.25, 0.3) is 11.5 Å². The maximum absolute atomic E-state index is 11.5. The zero-order chi connectivity index (χ0) is 12.1. The number of carbonyl (C=O) groups excluding carboxylic acids is 1. The molecule has 0 amide bonds. The van der Waals surface area contributed by atoms with Crippen LogP contribution in [-0.2, 0) is 0 Å². The van der Waals surface area contributed by atoms with E-state index in [-0.39, 0.29) is 11.3 Å². The van der Waals surface area contributed by atoms with Crippen molar-refractivity contribution < 1.29 is 19.2 Å². The van der Waals surface area contributed by atoms with Gasteiger partial charge in [-0.25, -0.2) is 0 Å². The highest BCUT2D eigenvalue weighted by molar-refractivity contribution is 6.35. The molecule has 0 saturated carbocycles. The number of nitro benzene ring substituents is 1. The molecule has 0 aromatic heterocycles. The number of nitro groups is 1. The van der Waals surface area contributed by atoms with Crippen LogP contribution in [0, 0.1) is 10.1 Å². The largest absolute Gasteiger partial charge is 0.496 e. The second-order valence-electron chi connectivity index (χ2n) is 2.72. The van der Waals surface area contributed by atoms with Gasteiger partial charge in [0, 0.05) is 6.07 Å². The van der Waals surface area contributed by atoms with Gasteiger partial charge in [-0.3, -0.25) is 14.9 Å². The van der Waals surface area contributed by atoms with Gasteiger partial charge in [-0.05, 0) is 6.07 Å². The number of hydrogen-bond donors (Lipinski definition) is 0. The molecule has 16 heavy (non-hydrogen) atoms. The molecular weight excluding hydrogens is 214 g/mol. The molecule has 7 nitrogen and oxygen atoms in total. The zero-order valence-corrected chi connectivity index (χ0v) is 8.28. The molecule has 0 spiro atoms. The van der Waals surface area contributed by atoms with Crippen molar-refractivity contribution in [2.45, 2.75) is 0 Å². The Hall–Kier alpha value is -2.53. The summed E-state index contributed by atoms with van der Waals surface area (Å²) >= 11 is 0. The van der Waals surface area contributed by atoms with E-state index in [1.165, 1.54) is 25.3 Å². The Morgan fingerprint density at radius 2 is 2.31 bits per heavy atom. The Bertz CT molecular complexity index is 492. The number of methoxy groups -OCH3 is 1. The van der Waals surface area contributed by atoms with Gasteiger partial charge in [-0.1, -0.05) is 6.07 Å². The van der Waals surface area contributed by atoms with E-state index in [1.54, 1.807) is 0 Å². The van der Waals surface area contributed by atoms with Crippen LogP contribution in [0.2, 0.25) is 0 Å². The third-order valence-corrected chi connectivity index (χ3v) is 1.84. The highest BCUT2D eigenvalue weighted by Gasteiger charge is 2.25. The van der Waals surface area contributed by atoms with E-state index < -0.39 is 16.4 Å². The highest BCUT2D eigenvalue weighted by Crippen LogP contribution is 2.27. The van der Waals surface area contributed by atoms with Crippen molar-refractivity contribution in [2.75, 3.05) is 7.11 Å². The lowest BCUT2D eigenvalue weighted by molar-refractivity contribution is -0.385. The Morgan fingerprint density at radius 1 is 1.62 bits per heavy atom. The van der Waals surface area contributed by atoms with Crippen molar-refractivity contribution >= 4 is 17.7 Å². The predicted molar refractivity (Wildman–Crippen MR) is 53.7 cm³/mol. The zero-order valence-electron chi connectivity index (χ0n) is 8.28. The Morgan fingerprint density at radius 3 is 2.81 bits per heavy atom. The van der Waals surface area contributed by atoms with Gasteiger partial charge >= 0.3 is 6.21 Å². The molecule has 0 aliphatic heterocycles. The van der Waals surface area contributed by atoms with Crippen LogP contribution < -0.4 is 4.74 Å². The van der Waals surface area contributed by atoms with Gasteiger partial charge < -0.3 is 10.3 Å². The quantitative estimate of drug-likeness (QED) is 0.189. The number of hydrogen-bond acceptors (Lipinski definition) is 4. The lowest BCUT2D eigenvalue weighted by Crippen LogP contribution is -2.07. The lowest BCUT2D eigenvalue weighted by atomic mass is 10.1. The summed E-state index contributed by atoms with van der Waals surface area (Å²) in [4.78, 5) is 24.0. The van der Waals surface area contributed by atoms with E-state index in [9.17, 15) is 14.9 Å². The van der Waals surface area contributed by atoms with Crippen LogP contribution >= 0.6 is 0 Å². The normalized spacial score (nSPS) is 9.06. The molecule has 0 aliphatic carbocycles. The molecule has 1 aromatic carbocycles. The molecule has 0 bridgehead atoms. The number of ketones is 1. The molecule has 0 fully saturated rings. The predicted octanol–water partition coefficient (Wildman–Crippen LogP) is 1.09. The SMILES string of the molecule is COc1cccc([N+](=O)[O-])c1C(=O)C=[N+]=[N-]. The highest BCUT2D eigenvalue weighted by atomic mass is 16.6. The molecule has 0 heterocycles. The molecule has 82 valence electrons. The molecule has 0 aliphatic rings. The van der Waals surface area contributed by atoms with Gasteiger partial charge in [-0.15, -0.1) is 0 Å². The van der Waals surface area contributed by atoms with Gasteiger partial charge in [0.2, 0.25) is 0 Å². The van der Waals surface area contributed by atoms with Gasteiger partial charge in [0.05, 0.1) is 12.0 Å². The van der Waals surface area contributed by atoms with E-state index in [2.05, 4.69) is 4.79 Å². The maximum Gasteiger partial charge on any atom is 0.328 e. The topological polar surface area (TPSA) is 106 Å². The van der Waals surface area contributed by atoms with E-state index in [0.29, 0.717) is 6.21 Å². The second-order valence-corrected chi connectivity index (χ2v) is 2.72. The molecule has 0 saturated heterocycles. The molecule has 1 rings (SSSR count). The fourth-order valence-electron chi connectivity index (χ4n) is 1.21. The van der Waals surface area contributed by atoms with Crippen LogP contribution in [0.25, 0.3) is 5.53 Å². The van der Waals surface area contributed by atoms with Crippen LogP contribution in [-0.4, -0.2) is 28.8 Å². The monoisotopic (exact) mass is 221 g/mol. The van der Waals surface area contributed by atoms with Crippen LogP contribution in [0.3, 0.4) is 0 Å². The summed E-state index contributed by atoms with van der Waals surface area (Å²) in [6.45, 7) is 0. The van der Waals surface area contributed by atoms with E-state index in [0.717, 1.165) is 0 Å². The van der Waals surface area contributed by atoms with Crippen LogP contribution in [0.5, 0.6) is 5.75 Å². The summed E-state index contributed by atoms with van der Waals surface area (Å²) in [5.74, 6) is -0.745. The van der Waals surface area contributed by atoms with Crippen molar-refractivity contribution in [1.29, 1.82) is 0 Å². The first-order chi connectivity index (χ1) is 7.61. The molecule has 1 aromatic rings. The number of ether oxygens (including phenoxy) is 1. The Kier molecular flexibility index (Phi) is 3.47. The van der Waals surface area contributed by atoms with Crippen molar-refractivity contribution in [3.8, 4) is 5.75 Å². The fourth-order valence-corrected chi connectivity index (χ4v) is 1.21. The molecule has 0 N–H and O–H groups in total. The summed E-state index contributed by atoms with van der Waals surface area (Å²) in [5, 5.41) is 10.7. The summed E-state index contributed by atoms with van der Waals surface area (Å²) < 4.78 is 4.84. The molecule has 7 heteroatoms. The minimum Gasteiger partial charge on any atom is -0.496 e. The van der Waals surface area contributed by atoms with Crippen molar-refractivity contribution in [3.05, 3.63) is 39.4 Å². The first-order valence-corrected chi connectivity index (χ1v) is 4.15. The molecule has 0 unspecified atom stereocenters. The molecular formula is C9H7N3O4. The van der Waals surface area contributed by atoms with Gasteiger partial charge in [0.15, 0.2) is 0 Å². The fraction of sp³-hybridized carbons (Fsp3) is 0.111. The van der Waals surface area contributed by atoms with Crippen molar-refractivity contribution in [2.24, 2.45) is 0 Å². The lowest BCUT2D eigenvalue weighted by Gasteiger charge is -2.03. The van der Waals surface area contributed by atoms with E-state index >= 15 is 0 Å². The molecule has 0 radical (unpaired) electrons. The third kappa shape index (κ3) is 2.10. The first-order valence-electron chi connectivity index (χ1n) is 4.15. The summed E-state index contributed by atoms with van der Waals surface area (Å²) in [5.41, 5.74) is 7.59. The van der Waals surface area contributed by atoms with Crippen LogP contribution in [0.4, 0.5) is 5.69 Å². The van der Waals surface area contributed by atoms with E-state index in [4.69, 9.17) is 10.3 Å². The smallest absolute Gasteiger partial charge is 0.328 e. The summed E-state index contributed by atoms with van der Waals surface area (Å²) in [7, 11) is 1.28. The average molecular weight is 221 g/mol. The average Bonchev–Trinajstić information content (AvgIpc) is 2.28. The van der Waals surface area contributed by atoms with Crippen LogP contribution in [0.1, 0.15) is 10.4 Å². The first kappa shape index (κ1) is 11.5. The van der Waals surface area contributed by atoms with E-state index in [1.807, 2.05) is 0 Å². The number of rotatable bonds is 4. The number of carbonyl (C=O) groups is 1. The maximum atomic E-state index is 11.5. The van der Waals surface area contributed by atoms with Crippen molar-refractivity contribution in [1.82, 2.24) is 0 Å². The standard InChI is InChI=1S/C9H7N3O4/c1-16-8-4-2-3-6(12(14)15)9(8)7(13)5-11-10/h2-5H,1H3. The Labute approximate surface area is 90.0 Å². The Balaban J connectivity index is 3.47. The van der Waals surface area contributed by atoms with Crippen molar-refractivity contribution in [3.63, 3.8) is 0 Å².